The first kappa shape index (κ1) is 13.1. The number of imidazole rings is 1. The average Bonchev–Trinajstić information content (AvgIpc) is 2.85. The molecule has 2 rings (SSSR count). The smallest absolute Gasteiger partial charge is 0.252 e. The Labute approximate surface area is 111 Å². The Morgan fingerprint density at radius 3 is 2.89 bits per heavy atom. The van der Waals surface area contributed by atoms with E-state index in [1.807, 2.05) is 13.8 Å². The number of nitrogens with zero attached hydrogens (tertiary/aromatic N) is 2. The zero-order chi connectivity index (χ0) is 13.8. The minimum Gasteiger partial charge on any atom is -0.481 e. The van der Waals surface area contributed by atoms with Gasteiger partial charge in [-0.05, 0) is 19.9 Å². The number of rotatable bonds is 4. The van der Waals surface area contributed by atoms with Crippen LogP contribution in [0.15, 0.2) is 24.5 Å². The number of pyridine rings is 1. The highest BCUT2D eigenvalue weighted by molar-refractivity contribution is 5.94. The fourth-order valence-electron chi connectivity index (χ4n) is 1.66. The Kier molecular flexibility index (Phi) is 3.79. The molecule has 19 heavy (non-hydrogen) atoms. The topological polar surface area (TPSA) is 79.9 Å². The summed E-state index contributed by atoms with van der Waals surface area (Å²) in [5.74, 6) is 0.947. The van der Waals surface area contributed by atoms with Gasteiger partial charge in [0.15, 0.2) is 0 Å². The van der Waals surface area contributed by atoms with E-state index in [1.54, 1.807) is 18.3 Å². The van der Waals surface area contributed by atoms with Gasteiger partial charge in [-0.3, -0.25) is 4.79 Å². The van der Waals surface area contributed by atoms with E-state index in [0.717, 1.165) is 11.5 Å². The van der Waals surface area contributed by atoms with Gasteiger partial charge in [-0.15, -0.1) is 0 Å². The molecular weight excluding hydrogens is 244 g/mol. The molecule has 0 aliphatic carbocycles. The summed E-state index contributed by atoms with van der Waals surface area (Å²) in [6, 6.07) is 3.04. The van der Waals surface area contributed by atoms with E-state index in [-0.39, 0.29) is 11.9 Å². The molecule has 2 aromatic rings. The number of nitrogens with one attached hydrogen (secondary N) is 2. The zero-order valence-electron chi connectivity index (χ0n) is 11.1. The lowest BCUT2D eigenvalue weighted by Gasteiger charge is -2.11. The van der Waals surface area contributed by atoms with Crippen LogP contribution in [0, 0.1) is 6.92 Å². The number of H-pyrrole nitrogens is 1. The van der Waals surface area contributed by atoms with E-state index in [9.17, 15) is 4.79 Å². The van der Waals surface area contributed by atoms with Crippen LogP contribution in [-0.4, -0.2) is 28.0 Å². The van der Waals surface area contributed by atoms with Crippen LogP contribution in [0.1, 0.15) is 34.8 Å². The number of hydrogen-bond acceptors (Lipinski definition) is 4. The van der Waals surface area contributed by atoms with Gasteiger partial charge in [0.2, 0.25) is 5.88 Å². The van der Waals surface area contributed by atoms with Crippen LogP contribution >= 0.6 is 0 Å². The molecule has 0 bridgehead atoms. The Balaban J connectivity index is 2.08. The predicted molar refractivity (Wildman–Crippen MR) is 70.0 cm³/mol. The molecule has 6 nitrogen and oxygen atoms in total. The summed E-state index contributed by atoms with van der Waals surface area (Å²) in [6.45, 7) is 3.79. The number of amides is 1. The lowest BCUT2D eigenvalue weighted by Crippen LogP contribution is -2.27. The summed E-state index contributed by atoms with van der Waals surface area (Å²) in [5, 5.41) is 2.86. The molecule has 2 N–H and O–H groups in total. The van der Waals surface area contributed by atoms with E-state index in [2.05, 4.69) is 20.3 Å². The van der Waals surface area contributed by atoms with Crippen LogP contribution in [0.5, 0.6) is 5.88 Å². The normalized spacial score (nSPS) is 11.9. The van der Waals surface area contributed by atoms with Crippen LogP contribution in [-0.2, 0) is 0 Å². The second kappa shape index (κ2) is 5.51. The molecular formula is C13H16N4O2. The molecule has 0 aliphatic rings. The van der Waals surface area contributed by atoms with Crippen molar-refractivity contribution < 1.29 is 9.53 Å². The number of aromatic nitrogens is 3. The zero-order valence-corrected chi connectivity index (χ0v) is 11.1. The molecule has 2 aromatic heterocycles. The van der Waals surface area contributed by atoms with Crippen molar-refractivity contribution in [3.05, 3.63) is 41.6 Å². The van der Waals surface area contributed by atoms with Crippen LogP contribution < -0.4 is 10.1 Å². The van der Waals surface area contributed by atoms with Gasteiger partial charge in [-0.25, -0.2) is 9.97 Å². The number of hydrogen-bond donors (Lipinski definition) is 2. The van der Waals surface area contributed by atoms with Gasteiger partial charge in [0.25, 0.3) is 5.91 Å². The third-order valence-electron chi connectivity index (χ3n) is 2.69. The molecule has 6 heteroatoms. The summed E-state index contributed by atoms with van der Waals surface area (Å²) >= 11 is 0. The summed E-state index contributed by atoms with van der Waals surface area (Å²) in [7, 11) is 1.51. The number of carbonyl (C=O) groups excluding carboxylic acids is 1. The molecule has 1 amide bonds. The van der Waals surface area contributed by atoms with Gasteiger partial charge in [-0.2, -0.15) is 0 Å². The van der Waals surface area contributed by atoms with Crippen molar-refractivity contribution in [3.63, 3.8) is 0 Å². The van der Waals surface area contributed by atoms with Crippen molar-refractivity contribution in [2.75, 3.05) is 7.11 Å². The van der Waals surface area contributed by atoms with Crippen molar-refractivity contribution >= 4 is 5.91 Å². The molecule has 1 unspecified atom stereocenters. The largest absolute Gasteiger partial charge is 0.481 e. The number of methoxy groups -OCH3 is 1. The Morgan fingerprint density at radius 2 is 2.26 bits per heavy atom. The van der Waals surface area contributed by atoms with Gasteiger partial charge in [0, 0.05) is 29.7 Å². The SMILES string of the molecule is COc1cc(C(=O)NC(C)c2ncc(C)[nH]2)ccn1. The molecule has 100 valence electrons. The first-order valence-corrected chi connectivity index (χ1v) is 5.92. The maximum absolute atomic E-state index is 12.1. The minimum absolute atomic E-state index is 0.192. The molecule has 0 saturated carbocycles. The second-order valence-electron chi connectivity index (χ2n) is 4.23. The second-order valence-corrected chi connectivity index (χ2v) is 4.23. The standard InChI is InChI=1S/C13H16N4O2/c1-8-7-15-12(16-8)9(2)17-13(18)10-4-5-14-11(6-10)19-3/h4-7,9H,1-3H3,(H,15,16)(H,17,18). The Morgan fingerprint density at radius 1 is 1.47 bits per heavy atom. The Bertz CT molecular complexity index is 580. The fraction of sp³-hybridized carbons (Fsp3) is 0.308. The maximum Gasteiger partial charge on any atom is 0.252 e. The van der Waals surface area contributed by atoms with E-state index in [4.69, 9.17) is 4.74 Å². The highest BCUT2D eigenvalue weighted by atomic mass is 16.5. The van der Waals surface area contributed by atoms with Crippen molar-refractivity contribution in [3.8, 4) is 5.88 Å². The fourth-order valence-corrected chi connectivity index (χ4v) is 1.66. The van der Waals surface area contributed by atoms with Crippen LogP contribution in [0.4, 0.5) is 0 Å². The van der Waals surface area contributed by atoms with Crippen molar-refractivity contribution in [1.29, 1.82) is 0 Å². The van der Waals surface area contributed by atoms with Gasteiger partial charge in [0.1, 0.15) is 5.82 Å². The molecule has 0 fully saturated rings. The molecule has 0 radical (unpaired) electrons. The van der Waals surface area contributed by atoms with Crippen LogP contribution in [0.25, 0.3) is 0 Å². The lowest BCUT2D eigenvalue weighted by molar-refractivity contribution is 0.0938. The van der Waals surface area contributed by atoms with E-state index in [1.165, 1.54) is 13.3 Å². The molecule has 0 saturated heterocycles. The van der Waals surface area contributed by atoms with Gasteiger partial charge < -0.3 is 15.0 Å². The third-order valence-corrected chi connectivity index (χ3v) is 2.69. The van der Waals surface area contributed by atoms with Gasteiger partial charge in [0.05, 0.1) is 13.2 Å². The predicted octanol–water partition coefficient (Wildman–Crippen LogP) is 1.61. The quantitative estimate of drug-likeness (QED) is 0.875. The molecule has 2 heterocycles. The van der Waals surface area contributed by atoms with Crippen LogP contribution in [0.2, 0.25) is 0 Å². The van der Waals surface area contributed by atoms with Crippen molar-refractivity contribution in [2.24, 2.45) is 0 Å². The first-order valence-electron chi connectivity index (χ1n) is 5.92. The number of aromatic amines is 1. The molecule has 0 spiro atoms. The highest BCUT2D eigenvalue weighted by Gasteiger charge is 2.14. The summed E-state index contributed by atoms with van der Waals surface area (Å²) in [6.07, 6.45) is 3.27. The minimum atomic E-state index is -0.194. The summed E-state index contributed by atoms with van der Waals surface area (Å²) in [4.78, 5) is 23.3. The first-order chi connectivity index (χ1) is 9.10. The summed E-state index contributed by atoms with van der Waals surface area (Å²) in [5.41, 5.74) is 1.46. The monoisotopic (exact) mass is 260 g/mol. The third kappa shape index (κ3) is 3.09. The van der Waals surface area contributed by atoms with E-state index >= 15 is 0 Å². The maximum atomic E-state index is 12.1. The van der Waals surface area contributed by atoms with E-state index < -0.39 is 0 Å². The average molecular weight is 260 g/mol. The number of carbonyl (C=O) groups is 1. The van der Waals surface area contributed by atoms with E-state index in [0.29, 0.717) is 11.4 Å². The van der Waals surface area contributed by atoms with Crippen molar-refractivity contribution in [1.82, 2.24) is 20.3 Å². The van der Waals surface area contributed by atoms with Crippen molar-refractivity contribution in [2.45, 2.75) is 19.9 Å². The molecule has 1 atom stereocenters. The molecule has 0 aromatic carbocycles. The van der Waals surface area contributed by atoms with Gasteiger partial charge >= 0.3 is 0 Å². The summed E-state index contributed by atoms with van der Waals surface area (Å²) < 4.78 is 4.99. The highest BCUT2D eigenvalue weighted by Crippen LogP contribution is 2.12. The molecule has 0 aliphatic heterocycles. The number of ether oxygens (including phenoxy) is 1. The Hall–Kier alpha value is -2.37. The lowest BCUT2D eigenvalue weighted by atomic mass is 10.2. The number of aryl methyl sites for hydroxylation is 1. The van der Waals surface area contributed by atoms with Crippen LogP contribution in [0.3, 0.4) is 0 Å². The van der Waals surface area contributed by atoms with Gasteiger partial charge in [-0.1, -0.05) is 0 Å².